The van der Waals surface area contributed by atoms with E-state index in [0.717, 1.165) is 22.3 Å². The van der Waals surface area contributed by atoms with Crippen molar-refractivity contribution in [3.8, 4) is 11.5 Å². The van der Waals surface area contributed by atoms with E-state index in [1.165, 1.54) is 0 Å². The number of nitrogens with zero attached hydrogens (tertiary/aromatic N) is 1. The van der Waals surface area contributed by atoms with Crippen molar-refractivity contribution in [2.24, 2.45) is 0 Å². The van der Waals surface area contributed by atoms with Crippen LogP contribution < -0.4 is 14.8 Å². The lowest BCUT2D eigenvalue weighted by Crippen LogP contribution is -1.99. The Morgan fingerprint density at radius 3 is 2.50 bits per heavy atom. The largest absolute Gasteiger partial charge is 0.494 e. The Balaban J connectivity index is 2.88. The number of hydrogen-bond donors (Lipinski definition) is 1. The molecule has 2 aromatic rings. The highest BCUT2D eigenvalue weighted by Gasteiger charge is 2.15. The van der Waals surface area contributed by atoms with Crippen LogP contribution in [0.2, 0.25) is 5.02 Å². The third kappa shape index (κ3) is 1.93. The van der Waals surface area contributed by atoms with Crippen molar-refractivity contribution in [1.29, 1.82) is 0 Å². The molecule has 1 aromatic carbocycles. The zero-order valence-corrected chi connectivity index (χ0v) is 11.6. The minimum atomic E-state index is 0.514. The lowest BCUT2D eigenvalue weighted by atomic mass is 10.1. The van der Waals surface area contributed by atoms with Crippen molar-refractivity contribution < 1.29 is 9.47 Å². The standard InChI is InChI=1S/C13H15ClN2O2/c1-7-5-8-11(16-13(7)15-2)10(17-3)6-9(14)12(8)18-4/h5-6H,1-4H3,(H,15,16). The van der Waals surface area contributed by atoms with Gasteiger partial charge in [-0.05, 0) is 18.6 Å². The lowest BCUT2D eigenvalue weighted by molar-refractivity contribution is 0.410. The van der Waals surface area contributed by atoms with Crippen molar-refractivity contribution in [2.75, 3.05) is 26.6 Å². The minimum Gasteiger partial charge on any atom is -0.494 e. The van der Waals surface area contributed by atoms with E-state index in [9.17, 15) is 0 Å². The van der Waals surface area contributed by atoms with Gasteiger partial charge in [0.05, 0.1) is 19.2 Å². The highest BCUT2D eigenvalue weighted by atomic mass is 35.5. The normalized spacial score (nSPS) is 10.5. The third-order valence-corrected chi connectivity index (χ3v) is 3.11. The van der Waals surface area contributed by atoms with Gasteiger partial charge in [-0.15, -0.1) is 0 Å². The lowest BCUT2D eigenvalue weighted by Gasteiger charge is -2.13. The Labute approximate surface area is 111 Å². The number of anilines is 1. The summed E-state index contributed by atoms with van der Waals surface area (Å²) in [5, 5.41) is 4.41. The van der Waals surface area contributed by atoms with Crippen molar-refractivity contribution >= 4 is 28.3 Å². The number of nitrogens with one attached hydrogen (secondary N) is 1. The van der Waals surface area contributed by atoms with E-state index in [4.69, 9.17) is 21.1 Å². The van der Waals surface area contributed by atoms with Crippen molar-refractivity contribution in [3.63, 3.8) is 0 Å². The molecule has 0 unspecified atom stereocenters. The SMILES string of the molecule is CNc1nc2c(OC)cc(Cl)c(OC)c2cc1C. The number of aryl methyl sites for hydroxylation is 1. The first kappa shape index (κ1) is 12.8. The summed E-state index contributed by atoms with van der Waals surface area (Å²) in [4.78, 5) is 4.54. The number of fused-ring (bicyclic) bond motifs is 1. The molecule has 0 bridgehead atoms. The molecule has 0 fully saturated rings. The molecule has 0 saturated heterocycles. The van der Waals surface area contributed by atoms with Crippen LogP contribution in [0.4, 0.5) is 5.82 Å². The van der Waals surface area contributed by atoms with Gasteiger partial charge >= 0.3 is 0 Å². The molecule has 0 aliphatic heterocycles. The fraction of sp³-hybridized carbons (Fsp3) is 0.308. The first-order valence-electron chi connectivity index (χ1n) is 5.52. The van der Waals surface area contributed by atoms with Crippen LogP contribution in [0.3, 0.4) is 0 Å². The quantitative estimate of drug-likeness (QED) is 0.926. The maximum absolute atomic E-state index is 6.16. The molecule has 0 aliphatic carbocycles. The number of benzene rings is 1. The molecule has 0 atom stereocenters. The second-order valence-electron chi connectivity index (χ2n) is 3.89. The molecular formula is C13H15ClN2O2. The molecule has 0 aliphatic rings. The maximum atomic E-state index is 6.16. The van der Waals surface area contributed by atoms with Gasteiger partial charge in [-0.1, -0.05) is 11.6 Å². The Bertz CT molecular complexity index is 599. The number of ether oxygens (including phenoxy) is 2. The van der Waals surface area contributed by atoms with Gasteiger partial charge in [0.2, 0.25) is 0 Å². The highest BCUT2D eigenvalue weighted by molar-refractivity contribution is 6.33. The molecule has 0 amide bonds. The molecule has 4 nitrogen and oxygen atoms in total. The van der Waals surface area contributed by atoms with Gasteiger partial charge in [0, 0.05) is 18.5 Å². The molecule has 0 saturated carbocycles. The average Bonchev–Trinajstić information content (AvgIpc) is 2.37. The molecule has 1 N–H and O–H groups in total. The van der Waals surface area contributed by atoms with Gasteiger partial charge in [0.1, 0.15) is 22.8 Å². The van der Waals surface area contributed by atoms with Crippen molar-refractivity contribution in [2.45, 2.75) is 6.92 Å². The molecular weight excluding hydrogens is 252 g/mol. The zero-order chi connectivity index (χ0) is 13.3. The zero-order valence-electron chi connectivity index (χ0n) is 10.8. The van der Waals surface area contributed by atoms with Gasteiger partial charge in [-0.3, -0.25) is 0 Å². The molecule has 0 spiro atoms. The monoisotopic (exact) mass is 266 g/mol. The number of aromatic nitrogens is 1. The fourth-order valence-electron chi connectivity index (χ4n) is 1.97. The van der Waals surface area contributed by atoms with Gasteiger partial charge < -0.3 is 14.8 Å². The van der Waals surface area contributed by atoms with Crippen LogP contribution in [0.15, 0.2) is 12.1 Å². The van der Waals surface area contributed by atoms with Gasteiger partial charge in [0.15, 0.2) is 0 Å². The van der Waals surface area contributed by atoms with Crippen LogP contribution in [0.25, 0.3) is 10.9 Å². The number of halogens is 1. The summed E-state index contributed by atoms with van der Waals surface area (Å²) in [5.74, 6) is 2.06. The molecule has 5 heteroatoms. The number of rotatable bonds is 3. The van der Waals surface area contributed by atoms with E-state index in [0.29, 0.717) is 16.5 Å². The Kier molecular flexibility index (Phi) is 3.48. The fourth-order valence-corrected chi connectivity index (χ4v) is 2.25. The van der Waals surface area contributed by atoms with Crippen LogP contribution >= 0.6 is 11.6 Å². The van der Waals surface area contributed by atoms with Crippen LogP contribution in [0.5, 0.6) is 11.5 Å². The summed E-state index contributed by atoms with van der Waals surface area (Å²) in [7, 11) is 5.02. The average molecular weight is 267 g/mol. The Hall–Kier alpha value is -1.68. The van der Waals surface area contributed by atoms with E-state index >= 15 is 0 Å². The predicted octanol–water partition coefficient (Wildman–Crippen LogP) is 3.26. The topological polar surface area (TPSA) is 43.4 Å². The molecule has 2 rings (SSSR count). The molecule has 1 aromatic heterocycles. The molecule has 0 radical (unpaired) electrons. The van der Waals surface area contributed by atoms with Crippen molar-refractivity contribution in [1.82, 2.24) is 4.98 Å². The maximum Gasteiger partial charge on any atom is 0.147 e. The van der Waals surface area contributed by atoms with E-state index in [-0.39, 0.29) is 0 Å². The van der Waals surface area contributed by atoms with Gasteiger partial charge in [-0.25, -0.2) is 4.98 Å². The van der Waals surface area contributed by atoms with Crippen molar-refractivity contribution in [3.05, 3.63) is 22.7 Å². The smallest absolute Gasteiger partial charge is 0.147 e. The molecule has 96 valence electrons. The van der Waals surface area contributed by atoms with Crippen LogP contribution in [0, 0.1) is 6.92 Å². The second kappa shape index (κ2) is 4.90. The Morgan fingerprint density at radius 1 is 1.22 bits per heavy atom. The Morgan fingerprint density at radius 2 is 1.94 bits per heavy atom. The second-order valence-corrected chi connectivity index (χ2v) is 4.30. The summed E-state index contributed by atoms with van der Waals surface area (Å²) >= 11 is 6.16. The summed E-state index contributed by atoms with van der Waals surface area (Å²) in [6.45, 7) is 1.98. The first-order valence-corrected chi connectivity index (χ1v) is 5.89. The van der Waals surface area contributed by atoms with E-state index < -0.39 is 0 Å². The minimum absolute atomic E-state index is 0.514. The van der Waals surface area contributed by atoms with E-state index in [2.05, 4.69) is 10.3 Å². The van der Waals surface area contributed by atoms with Gasteiger partial charge in [0.25, 0.3) is 0 Å². The summed E-state index contributed by atoms with van der Waals surface area (Å²) in [5.41, 5.74) is 1.75. The number of hydrogen-bond acceptors (Lipinski definition) is 4. The third-order valence-electron chi connectivity index (χ3n) is 2.83. The van der Waals surface area contributed by atoms with Crippen LogP contribution in [-0.4, -0.2) is 26.3 Å². The number of pyridine rings is 1. The summed E-state index contributed by atoms with van der Waals surface area (Å²) < 4.78 is 10.7. The first-order chi connectivity index (χ1) is 8.62. The van der Waals surface area contributed by atoms with Crippen LogP contribution in [-0.2, 0) is 0 Å². The highest BCUT2D eigenvalue weighted by Crippen LogP contribution is 2.39. The molecule has 1 heterocycles. The molecule has 18 heavy (non-hydrogen) atoms. The van der Waals surface area contributed by atoms with Crippen LogP contribution in [0.1, 0.15) is 5.56 Å². The summed E-state index contributed by atoms with van der Waals surface area (Å²) in [6, 6.07) is 3.70. The predicted molar refractivity (Wildman–Crippen MR) is 74.1 cm³/mol. The number of methoxy groups -OCH3 is 2. The van der Waals surface area contributed by atoms with Gasteiger partial charge in [-0.2, -0.15) is 0 Å². The van der Waals surface area contributed by atoms with E-state index in [1.54, 1.807) is 20.3 Å². The summed E-state index contributed by atoms with van der Waals surface area (Å²) in [6.07, 6.45) is 0. The van der Waals surface area contributed by atoms with E-state index in [1.807, 2.05) is 20.0 Å².